The summed E-state index contributed by atoms with van der Waals surface area (Å²) in [4.78, 5) is 27.7. The lowest BCUT2D eigenvalue weighted by Crippen LogP contribution is -2.51. The number of halogens is 4. The first-order valence-electron chi connectivity index (χ1n) is 11.5. The Morgan fingerprint density at radius 3 is 2.13 bits per heavy atom. The van der Waals surface area contributed by atoms with E-state index in [1.165, 1.54) is 42.3 Å². The number of rotatable bonds is 10. The zero-order chi connectivity index (χ0) is 28.0. The monoisotopic (exact) mass is 599 g/mol. The number of benzene rings is 3. The summed E-state index contributed by atoms with van der Waals surface area (Å²) in [7, 11) is -2.87. The summed E-state index contributed by atoms with van der Waals surface area (Å²) in [6.45, 7) is 0.841. The minimum Gasteiger partial charge on any atom is -0.357 e. The van der Waals surface area contributed by atoms with Crippen molar-refractivity contribution in [2.45, 2.75) is 30.8 Å². The number of sulfonamides is 1. The molecule has 0 spiro atoms. The molecule has 3 rings (SSSR count). The van der Waals surface area contributed by atoms with Crippen molar-refractivity contribution in [2.24, 2.45) is 0 Å². The molecule has 0 saturated carbocycles. The smallest absolute Gasteiger partial charge is 0.264 e. The van der Waals surface area contributed by atoms with Gasteiger partial charge < -0.3 is 10.2 Å². The number of hydrogen-bond donors (Lipinski definition) is 1. The lowest BCUT2D eigenvalue weighted by molar-refractivity contribution is -0.140. The van der Waals surface area contributed by atoms with Crippen LogP contribution in [0.15, 0.2) is 71.6 Å². The van der Waals surface area contributed by atoms with E-state index in [0.717, 1.165) is 16.4 Å². The Morgan fingerprint density at radius 2 is 1.58 bits per heavy atom. The molecular formula is C26H25Cl3FN3O4S. The number of likely N-dealkylation sites (N-methyl/N-ethyl adjacent to an activating group) is 1. The Kier molecular flexibility index (Phi) is 10.0. The van der Waals surface area contributed by atoms with Gasteiger partial charge in [0, 0.05) is 29.2 Å². The number of carbonyl (C=O) groups excluding carboxylic acids is 2. The Balaban J connectivity index is 2.11. The minimum atomic E-state index is -4.31. The fraction of sp³-hybridized carbons (Fsp3) is 0.231. The van der Waals surface area contributed by atoms with Gasteiger partial charge in [-0.2, -0.15) is 0 Å². The first-order valence-corrected chi connectivity index (χ1v) is 14.0. The highest BCUT2D eigenvalue weighted by atomic mass is 35.5. The molecule has 3 aromatic rings. The van der Waals surface area contributed by atoms with Gasteiger partial charge in [0.1, 0.15) is 18.4 Å². The summed E-state index contributed by atoms with van der Waals surface area (Å²) in [6, 6.07) is 14.7. The fourth-order valence-electron chi connectivity index (χ4n) is 3.83. The van der Waals surface area contributed by atoms with E-state index < -0.39 is 40.2 Å². The summed E-state index contributed by atoms with van der Waals surface area (Å²) in [6.07, 6.45) is 0.224. The molecule has 0 aliphatic carbocycles. The molecule has 0 aromatic heterocycles. The van der Waals surface area contributed by atoms with E-state index in [-0.39, 0.29) is 38.6 Å². The van der Waals surface area contributed by atoms with Crippen LogP contribution in [-0.2, 0) is 26.2 Å². The van der Waals surface area contributed by atoms with Gasteiger partial charge in [0.25, 0.3) is 10.0 Å². The van der Waals surface area contributed by atoms with E-state index in [4.69, 9.17) is 34.8 Å². The molecule has 0 aliphatic heterocycles. The molecule has 0 radical (unpaired) electrons. The van der Waals surface area contributed by atoms with E-state index in [1.807, 2.05) is 0 Å². The molecule has 3 aromatic carbocycles. The molecule has 0 heterocycles. The number of carbonyl (C=O) groups is 2. The van der Waals surface area contributed by atoms with Crippen LogP contribution in [0.2, 0.25) is 15.1 Å². The lowest BCUT2D eigenvalue weighted by atomic mass is 10.1. The molecule has 2 amide bonds. The molecular weight excluding hydrogens is 576 g/mol. The Morgan fingerprint density at radius 1 is 0.947 bits per heavy atom. The first-order chi connectivity index (χ1) is 18.0. The largest absolute Gasteiger partial charge is 0.357 e. The molecule has 12 heteroatoms. The van der Waals surface area contributed by atoms with Crippen molar-refractivity contribution in [1.29, 1.82) is 0 Å². The van der Waals surface area contributed by atoms with Crippen molar-refractivity contribution in [3.8, 4) is 0 Å². The average Bonchev–Trinajstić information content (AvgIpc) is 2.90. The van der Waals surface area contributed by atoms with Gasteiger partial charge in [-0.1, -0.05) is 66.0 Å². The van der Waals surface area contributed by atoms with E-state index in [2.05, 4.69) is 5.32 Å². The number of nitrogens with one attached hydrogen (secondary N) is 1. The number of anilines is 1. The maximum atomic E-state index is 13.9. The molecule has 0 unspecified atom stereocenters. The first kappa shape index (κ1) is 29.7. The van der Waals surface area contributed by atoms with E-state index in [1.54, 1.807) is 31.2 Å². The Bertz CT molecular complexity index is 1400. The molecule has 1 atom stereocenters. The maximum absolute atomic E-state index is 13.9. The maximum Gasteiger partial charge on any atom is 0.264 e. The highest BCUT2D eigenvalue weighted by Gasteiger charge is 2.34. The molecule has 202 valence electrons. The van der Waals surface area contributed by atoms with Gasteiger partial charge in [-0.3, -0.25) is 13.9 Å². The third-order valence-corrected chi connectivity index (χ3v) is 8.61. The van der Waals surface area contributed by atoms with Gasteiger partial charge in [-0.25, -0.2) is 12.8 Å². The van der Waals surface area contributed by atoms with Crippen LogP contribution < -0.4 is 9.62 Å². The van der Waals surface area contributed by atoms with Crippen LogP contribution in [0.5, 0.6) is 0 Å². The highest BCUT2D eigenvalue weighted by molar-refractivity contribution is 7.92. The summed E-state index contributed by atoms with van der Waals surface area (Å²) < 4.78 is 42.1. The van der Waals surface area contributed by atoms with Crippen molar-refractivity contribution < 1.29 is 22.4 Å². The second-order valence-electron chi connectivity index (χ2n) is 8.18. The molecule has 0 bridgehead atoms. The third-order valence-electron chi connectivity index (χ3n) is 5.82. The van der Waals surface area contributed by atoms with Crippen molar-refractivity contribution in [2.75, 3.05) is 17.9 Å². The summed E-state index contributed by atoms with van der Waals surface area (Å²) in [5.41, 5.74) is 0.367. The van der Waals surface area contributed by atoms with Gasteiger partial charge in [0.05, 0.1) is 15.6 Å². The Labute approximate surface area is 236 Å². The fourth-order valence-corrected chi connectivity index (χ4v) is 5.95. The van der Waals surface area contributed by atoms with Gasteiger partial charge in [-0.05, 0) is 48.9 Å². The molecule has 0 aliphatic rings. The zero-order valence-electron chi connectivity index (χ0n) is 20.5. The quantitative estimate of drug-likeness (QED) is 0.331. The SMILES string of the molecule is CC[C@H](C(=O)NC)N(Cc1c(Cl)cccc1Cl)C(=O)CN(c1ccc(F)c(Cl)c1)S(=O)(=O)c1ccccc1. The minimum absolute atomic E-state index is 0.0303. The van der Waals surface area contributed by atoms with Crippen LogP contribution in [0.25, 0.3) is 0 Å². The van der Waals surface area contributed by atoms with Crippen LogP contribution in [0.1, 0.15) is 18.9 Å². The van der Waals surface area contributed by atoms with Crippen molar-refractivity contribution >= 4 is 62.3 Å². The van der Waals surface area contributed by atoms with Crippen molar-refractivity contribution in [3.63, 3.8) is 0 Å². The van der Waals surface area contributed by atoms with E-state index in [0.29, 0.717) is 5.56 Å². The topological polar surface area (TPSA) is 86.8 Å². The van der Waals surface area contributed by atoms with Crippen LogP contribution in [0, 0.1) is 5.82 Å². The second-order valence-corrected chi connectivity index (χ2v) is 11.3. The van der Waals surface area contributed by atoms with Crippen molar-refractivity contribution in [1.82, 2.24) is 10.2 Å². The molecule has 0 saturated heterocycles. The number of hydrogen-bond acceptors (Lipinski definition) is 4. The predicted octanol–water partition coefficient (Wildman–Crippen LogP) is 5.53. The summed E-state index contributed by atoms with van der Waals surface area (Å²) >= 11 is 18.6. The van der Waals surface area contributed by atoms with Crippen LogP contribution in [-0.4, -0.2) is 44.8 Å². The van der Waals surface area contributed by atoms with Crippen LogP contribution in [0.4, 0.5) is 10.1 Å². The van der Waals surface area contributed by atoms with E-state index >= 15 is 0 Å². The summed E-state index contributed by atoms with van der Waals surface area (Å²) in [5, 5.41) is 2.77. The van der Waals surface area contributed by atoms with Gasteiger partial charge in [-0.15, -0.1) is 0 Å². The highest BCUT2D eigenvalue weighted by Crippen LogP contribution is 2.30. The number of nitrogens with zero attached hydrogens (tertiary/aromatic N) is 2. The van der Waals surface area contributed by atoms with E-state index in [9.17, 15) is 22.4 Å². The van der Waals surface area contributed by atoms with Gasteiger partial charge in [0.15, 0.2) is 0 Å². The zero-order valence-corrected chi connectivity index (χ0v) is 23.6. The van der Waals surface area contributed by atoms with Gasteiger partial charge >= 0.3 is 0 Å². The van der Waals surface area contributed by atoms with Gasteiger partial charge in [0.2, 0.25) is 11.8 Å². The number of amides is 2. The van der Waals surface area contributed by atoms with Crippen molar-refractivity contribution in [3.05, 3.63) is 93.2 Å². The molecule has 0 fully saturated rings. The third kappa shape index (κ3) is 6.58. The molecule has 7 nitrogen and oxygen atoms in total. The standard InChI is InChI=1S/C26H25Cl3FN3O4S/c1-3-24(26(35)31-2)32(15-19-20(27)10-7-11-21(19)28)25(34)16-33(17-12-13-23(30)22(29)14-17)38(36,37)18-8-5-4-6-9-18/h4-14,24H,3,15-16H2,1-2H3,(H,31,35)/t24-/m1/s1. The Hall–Kier alpha value is -2.85. The predicted molar refractivity (Wildman–Crippen MR) is 148 cm³/mol. The average molecular weight is 601 g/mol. The molecule has 38 heavy (non-hydrogen) atoms. The molecule has 1 N–H and O–H groups in total. The van der Waals surface area contributed by atoms with Crippen LogP contribution in [0.3, 0.4) is 0 Å². The lowest BCUT2D eigenvalue weighted by Gasteiger charge is -2.33. The van der Waals surface area contributed by atoms with Crippen LogP contribution >= 0.6 is 34.8 Å². The second kappa shape index (κ2) is 12.8. The normalized spacial score (nSPS) is 12.1. The summed E-state index contributed by atoms with van der Waals surface area (Å²) in [5.74, 6) is -1.91.